The standard InChI is InChI=1S/C11H17N3O3/c1-11(2)16-6-7(17-11)5-15-10-3-8(12)9(13)4-14-10/h3-4,7H,5-6,13H2,1-2H3,(H2,12,14)/t7-/m0/s1. The molecule has 2 heterocycles. The van der Waals surface area contributed by atoms with Gasteiger partial charge in [-0.05, 0) is 13.8 Å². The molecular weight excluding hydrogens is 222 g/mol. The van der Waals surface area contributed by atoms with Gasteiger partial charge in [-0.2, -0.15) is 0 Å². The van der Waals surface area contributed by atoms with Crippen LogP contribution in [0.25, 0.3) is 0 Å². The van der Waals surface area contributed by atoms with Crippen LogP contribution in [0.15, 0.2) is 12.3 Å². The molecule has 0 aromatic carbocycles. The first-order valence-electron chi connectivity index (χ1n) is 5.42. The van der Waals surface area contributed by atoms with E-state index in [4.69, 9.17) is 25.7 Å². The molecule has 0 unspecified atom stereocenters. The zero-order valence-electron chi connectivity index (χ0n) is 9.97. The molecule has 4 N–H and O–H groups in total. The number of rotatable bonds is 3. The van der Waals surface area contributed by atoms with E-state index in [1.807, 2.05) is 13.8 Å². The Hall–Kier alpha value is -1.53. The number of pyridine rings is 1. The fourth-order valence-corrected chi connectivity index (χ4v) is 1.56. The van der Waals surface area contributed by atoms with Gasteiger partial charge in [0.15, 0.2) is 5.79 Å². The molecule has 6 heteroatoms. The molecule has 6 nitrogen and oxygen atoms in total. The maximum Gasteiger partial charge on any atom is 0.215 e. The van der Waals surface area contributed by atoms with Crippen LogP contribution in [-0.2, 0) is 9.47 Å². The monoisotopic (exact) mass is 239 g/mol. The molecule has 17 heavy (non-hydrogen) atoms. The van der Waals surface area contributed by atoms with Crippen molar-refractivity contribution in [2.45, 2.75) is 25.7 Å². The third-order valence-electron chi connectivity index (χ3n) is 2.43. The molecule has 1 fully saturated rings. The summed E-state index contributed by atoms with van der Waals surface area (Å²) >= 11 is 0. The average molecular weight is 239 g/mol. The number of nitrogens with zero attached hydrogens (tertiary/aromatic N) is 1. The lowest BCUT2D eigenvalue weighted by atomic mass is 10.3. The minimum absolute atomic E-state index is 0.0921. The number of nitrogens with two attached hydrogens (primary N) is 2. The minimum atomic E-state index is -0.540. The molecule has 0 saturated carbocycles. The number of hydrogen-bond acceptors (Lipinski definition) is 6. The van der Waals surface area contributed by atoms with Crippen LogP contribution in [0.4, 0.5) is 11.4 Å². The highest BCUT2D eigenvalue weighted by atomic mass is 16.7. The summed E-state index contributed by atoms with van der Waals surface area (Å²) in [5, 5.41) is 0. The first kappa shape index (κ1) is 11.9. The smallest absolute Gasteiger partial charge is 0.215 e. The van der Waals surface area contributed by atoms with E-state index in [1.54, 1.807) is 6.07 Å². The number of nitrogen functional groups attached to an aromatic ring is 2. The Balaban J connectivity index is 1.88. The Labute approximate surface area is 99.9 Å². The fourth-order valence-electron chi connectivity index (χ4n) is 1.56. The third-order valence-corrected chi connectivity index (χ3v) is 2.43. The molecule has 1 atom stereocenters. The molecule has 0 aliphatic carbocycles. The van der Waals surface area contributed by atoms with Gasteiger partial charge in [0.25, 0.3) is 0 Å². The van der Waals surface area contributed by atoms with Crippen molar-refractivity contribution in [3.05, 3.63) is 12.3 Å². The van der Waals surface area contributed by atoms with E-state index in [0.717, 1.165) is 0 Å². The Morgan fingerprint density at radius 1 is 1.47 bits per heavy atom. The van der Waals surface area contributed by atoms with Gasteiger partial charge in [-0.3, -0.25) is 0 Å². The summed E-state index contributed by atoms with van der Waals surface area (Å²) in [6.07, 6.45) is 1.38. The van der Waals surface area contributed by atoms with E-state index >= 15 is 0 Å². The van der Waals surface area contributed by atoms with E-state index in [0.29, 0.717) is 30.5 Å². The second-order valence-corrected chi connectivity index (χ2v) is 4.41. The molecule has 1 saturated heterocycles. The molecule has 1 aromatic heterocycles. The van der Waals surface area contributed by atoms with Gasteiger partial charge in [0.1, 0.15) is 12.7 Å². The van der Waals surface area contributed by atoms with Crippen LogP contribution in [0.2, 0.25) is 0 Å². The van der Waals surface area contributed by atoms with Crippen molar-refractivity contribution in [1.82, 2.24) is 4.98 Å². The summed E-state index contributed by atoms with van der Waals surface area (Å²) in [5.41, 5.74) is 12.1. The zero-order chi connectivity index (χ0) is 12.5. The van der Waals surface area contributed by atoms with Gasteiger partial charge in [-0.1, -0.05) is 0 Å². The van der Waals surface area contributed by atoms with Crippen LogP contribution in [-0.4, -0.2) is 30.1 Å². The summed E-state index contributed by atoms with van der Waals surface area (Å²) in [7, 11) is 0. The van der Waals surface area contributed by atoms with Gasteiger partial charge in [-0.15, -0.1) is 0 Å². The van der Waals surface area contributed by atoms with E-state index in [2.05, 4.69) is 4.98 Å². The summed E-state index contributed by atoms with van der Waals surface area (Å²) in [4.78, 5) is 4.01. The van der Waals surface area contributed by atoms with Crippen LogP contribution in [0, 0.1) is 0 Å². The lowest BCUT2D eigenvalue weighted by molar-refractivity contribution is -0.141. The number of ether oxygens (including phenoxy) is 3. The summed E-state index contributed by atoms with van der Waals surface area (Å²) < 4.78 is 16.5. The van der Waals surface area contributed by atoms with Crippen molar-refractivity contribution in [2.75, 3.05) is 24.7 Å². The molecule has 0 bridgehead atoms. The van der Waals surface area contributed by atoms with Gasteiger partial charge < -0.3 is 25.7 Å². The molecule has 0 radical (unpaired) electrons. The average Bonchev–Trinajstić information content (AvgIpc) is 2.60. The van der Waals surface area contributed by atoms with Crippen molar-refractivity contribution < 1.29 is 14.2 Å². The van der Waals surface area contributed by atoms with Crippen LogP contribution in [0.3, 0.4) is 0 Å². The lowest BCUT2D eigenvalue weighted by Crippen LogP contribution is -2.25. The SMILES string of the molecule is CC1(C)OC[C@H](COc2cc(N)c(N)cn2)O1. The largest absolute Gasteiger partial charge is 0.475 e. The molecule has 1 aromatic rings. The van der Waals surface area contributed by atoms with Crippen LogP contribution in [0.5, 0.6) is 5.88 Å². The molecule has 94 valence electrons. The van der Waals surface area contributed by atoms with Gasteiger partial charge in [0, 0.05) is 6.07 Å². The molecule has 0 spiro atoms. The summed E-state index contributed by atoms with van der Waals surface area (Å²) in [6, 6.07) is 1.59. The predicted molar refractivity (Wildman–Crippen MR) is 63.5 cm³/mol. The Morgan fingerprint density at radius 3 is 2.82 bits per heavy atom. The van der Waals surface area contributed by atoms with Crippen LogP contribution in [0.1, 0.15) is 13.8 Å². The quantitative estimate of drug-likeness (QED) is 0.809. The Kier molecular flexibility index (Phi) is 3.08. The highest BCUT2D eigenvalue weighted by Crippen LogP contribution is 2.23. The molecule has 2 rings (SSSR count). The van der Waals surface area contributed by atoms with Gasteiger partial charge in [0.2, 0.25) is 5.88 Å². The summed E-state index contributed by atoms with van der Waals surface area (Å²) in [6.45, 7) is 4.62. The normalized spacial score (nSPS) is 22.6. The minimum Gasteiger partial charge on any atom is -0.475 e. The van der Waals surface area contributed by atoms with Gasteiger partial charge >= 0.3 is 0 Å². The van der Waals surface area contributed by atoms with Crippen molar-refractivity contribution >= 4 is 11.4 Å². The van der Waals surface area contributed by atoms with E-state index < -0.39 is 5.79 Å². The van der Waals surface area contributed by atoms with Gasteiger partial charge in [-0.25, -0.2) is 4.98 Å². The predicted octanol–water partition coefficient (Wildman–Crippen LogP) is 0.776. The van der Waals surface area contributed by atoms with Gasteiger partial charge in [0.05, 0.1) is 24.2 Å². The second-order valence-electron chi connectivity index (χ2n) is 4.41. The lowest BCUT2D eigenvalue weighted by Gasteiger charge is -2.17. The van der Waals surface area contributed by atoms with Crippen molar-refractivity contribution in [1.29, 1.82) is 0 Å². The topological polar surface area (TPSA) is 92.6 Å². The van der Waals surface area contributed by atoms with E-state index in [-0.39, 0.29) is 6.10 Å². The zero-order valence-corrected chi connectivity index (χ0v) is 9.97. The number of hydrogen-bond donors (Lipinski definition) is 2. The number of aromatic nitrogens is 1. The van der Waals surface area contributed by atoms with Crippen LogP contribution >= 0.6 is 0 Å². The van der Waals surface area contributed by atoms with E-state index in [9.17, 15) is 0 Å². The first-order valence-corrected chi connectivity index (χ1v) is 5.42. The third kappa shape index (κ3) is 2.98. The number of anilines is 2. The molecular formula is C11H17N3O3. The highest BCUT2D eigenvalue weighted by Gasteiger charge is 2.33. The second kappa shape index (κ2) is 4.38. The first-order chi connectivity index (χ1) is 7.96. The Bertz CT molecular complexity index is 409. The molecule has 0 amide bonds. The molecule has 1 aliphatic heterocycles. The maximum atomic E-state index is 5.65. The van der Waals surface area contributed by atoms with Crippen LogP contribution < -0.4 is 16.2 Å². The highest BCUT2D eigenvalue weighted by molar-refractivity contribution is 5.62. The maximum absolute atomic E-state index is 5.65. The van der Waals surface area contributed by atoms with Crippen molar-refractivity contribution in [2.24, 2.45) is 0 Å². The van der Waals surface area contributed by atoms with Crippen molar-refractivity contribution in [3.8, 4) is 5.88 Å². The summed E-state index contributed by atoms with van der Waals surface area (Å²) in [5.74, 6) is -0.105. The van der Waals surface area contributed by atoms with E-state index in [1.165, 1.54) is 6.20 Å². The Morgan fingerprint density at radius 2 is 2.24 bits per heavy atom. The van der Waals surface area contributed by atoms with Crippen molar-refractivity contribution in [3.63, 3.8) is 0 Å². The molecule has 1 aliphatic rings. The fraction of sp³-hybridized carbons (Fsp3) is 0.545.